The second kappa shape index (κ2) is 6.85. The molecule has 1 rings (SSSR count). The van der Waals surface area contributed by atoms with Gasteiger partial charge in [0.25, 0.3) is 11.6 Å². The molecule has 1 aromatic rings. The molecule has 0 fully saturated rings. The lowest BCUT2D eigenvalue weighted by atomic mass is 10.1. The molecule has 0 saturated heterocycles. The van der Waals surface area contributed by atoms with Crippen LogP contribution in [0.15, 0.2) is 18.2 Å². The molecule has 0 atom stereocenters. The van der Waals surface area contributed by atoms with E-state index in [1.54, 1.807) is 7.05 Å². The van der Waals surface area contributed by atoms with Crippen LogP contribution in [0.2, 0.25) is 0 Å². The van der Waals surface area contributed by atoms with Gasteiger partial charge < -0.3 is 15.3 Å². The Morgan fingerprint density at radius 3 is 2.60 bits per heavy atom. The maximum Gasteiger partial charge on any atom is 0.293 e. The summed E-state index contributed by atoms with van der Waals surface area (Å²) in [6, 6.07) is 4.19. The predicted octanol–water partition coefficient (Wildman–Crippen LogP) is 1.48. The van der Waals surface area contributed by atoms with Gasteiger partial charge in [0.2, 0.25) is 0 Å². The molecule has 0 aliphatic carbocycles. The Bertz CT molecular complexity index is 502. The highest BCUT2D eigenvalue weighted by Gasteiger charge is 2.22. The van der Waals surface area contributed by atoms with E-state index < -0.39 is 4.92 Å². The number of nitrogens with zero attached hydrogens (tertiary/aromatic N) is 2. The summed E-state index contributed by atoms with van der Waals surface area (Å²) >= 11 is 0. The molecule has 0 saturated carbocycles. The zero-order valence-corrected chi connectivity index (χ0v) is 11.8. The lowest BCUT2D eigenvalue weighted by Gasteiger charge is -2.26. The van der Waals surface area contributed by atoms with Gasteiger partial charge in [-0.25, -0.2) is 0 Å². The number of carbonyl (C=O) groups excluding carboxylic acids is 1. The van der Waals surface area contributed by atoms with E-state index in [1.807, 2.05) is 13.8 Å². The van der Waals surface area contributed by atoms with E-state index in [0.29, 0.717) is 5.69 Å². The summed E-state index contributed by atoms with van der Waals surface area (Å²) in [6.07, 6.45) is 0. The van der Waals surface area contributed by atoms with Gasteiger partial charge in [-0.05, 0) is 26.0 Å². The van der Waals surface area contributed by atoms with E-state index in [2.05, 4.69) is 5.32 Å². The second-order valence-electron chi connectivity index (χ2n) is 4.55. The van der Waals surface area contributed by atoms with Gasteiger partial charge in [0.1, 0.15) is 5.69 Å². The third-order valence-corrected chi connectivity index (χ3v) is 2.94. The van der Waals surface area contributed by atoms with Crippen LogP contribution in [0.25, 0.3) is 0 Å². The van der Waals surface area contributed by atoms with Gasteiger partial charge in [0.15, 0.2) is 0 Å². The van der Waals surface area contributed by atoms with Crippen LogP contribution in [0.5, 0.6) is 0 Å². The minimum atomic E-state index is -0.533. The number of amides is 1. The summed E-state index contributed by atoms with van der Waals surface area (Å²) in [5.41, 5.74) is 0.439. The third kappa shape index (κ3) is 3.45. The fourth-order valence-electron chi connectivity index (χ4n) is 1.89. The Balaban J connectivity index is 3.15. The summed E-state index contributed by atoms with van der Waals surface area (Å²) in [7, 11) is 1.58. The molecule has 0 aliphatic rings. The van der Waals surface area contributed by atoms with Gasteiger partial charge >= 0.3 is 0 Å². The summed E-state index contributed by atoms with van der Waals surface area (Å²) in [5, 5.41) is 22.7. The first-order chi connectivity index (χ1) is 9.42. The molecule has 1 aromatic carbocycles. The number of hydrogen-bond donors (Lipinski definition) is 2. The van der Waals surface area contributed by atoms with Crippen molar-refractivity contribution in [2.24, 2.45) is 0 Å². The zero-order chi connectivity index (χ0) is 15.3. The van der Waals surface area contributed by atoms with Crippen LogP contribution in [-0.2, 0) is 0 Å². The third-order valence-electron chi connectivity index (χ3n) is 2.94. The van der Waals surface area contributed by atoms with Crippen molar-refractivity contribution in [3.8, 4) is 0 Å². The van der Waals surface area contributed by atoms with E-state index in [1.165, 1.54) is 23.1 Å². The van der Waals surface area contributed by atoms with Crippen LogP contribution in [0.4, 0.5) is 11.4 Å². The molecule has 0 unspecified atom stereocenters. The van der Waals surface area contributed by atoms with Crippen LogP contribution in [0, 0.1) is 10.1 Å². The van der Waals surface area contributed by atoms with Crippen molar-refractivity contribution in [3.63, 3.8) is 0 Å². The predicted molar refractivity (Wildman–Crippen MR) is 75.9 cm³/mol. The van der Waals surface area contributed by atoms with Crippen LogP contribution < -0.4 is 5.32 Å². The molecule has 0 bridgehead atoms. The van der Waals surface area contributed by atoms with Gasteiger partial charge in [-0.2, -0.15) is 0 Å². The first-order valence-corrected chi connectivity index (χ1v) is 6.30. The largest absolute Gasteiger partial charge is 0.395 e. The van der Waals surface area contributed by atoms with Crippen LogP contribution in [0.1, 0.15) is 24.2 Å². The Labute approximate surface area is 117 Å². The highest BCUT2D eigenvalue weighted by molar-refractivity contribution is 5.96. The highest BCUT2D eigenvalue weighted by Crippen LogP contribution is 2.25. The number of aliphatic hydroxyl groups excluding tert-OH is 1. The maximum atomic E-state index is 12.3. The van der Waals surface area contributed by atoms with Gasteiger partial charge in [-0.3, -0.25) is 14.9 Å². The fraction of sp³-hybridized carbons (Fsp3) is 0.462. The molecular weight excluding hydrogens is 262 g/mol. The molecular formula is C13H19N3O4. The van der Waals surface area contributed by atoms with Crippen LogP contribution in [-0.4, -0.2) is 47.1 Å². The minimum Gasteiger partial charge on any atom is -0.395 e. The number of rotatable bonds is 6. The molecule has 0 aromatic heterocycles. The number of nitrogens with one attached hydrogen (secondary N) is 1. The van der Waals surface area contributed by atoms with Crippen molar-refractivity contribution >= 4 is 17.3 Å². The van der Waals surface area contributed by atoms with E-state index in [0.717, 1.165) is 0 Å². The van der Waals surface area contributed by atoms with Gasteiger partial charge in [-0.1, -0.05) is 0 Å². The van der Waals surface area contributed by atoms with Gasteiger partial charge in [0.05, 0.1) is 11.5 Å². The fourth-order valence-corrected chi connectivity index (χ4v) is 1.89. The minimum absolute atomic E-state index is 0.0994. The molecule has 2 N–H and O–H groups in total. The van der Waals surface area contributed by atoms with E-state index in [4.69, 9.17) is 5.11 Å². The second-order valence-corrected chi connectivity index (χ2v) is 4.55. The number of hydrogen-bond acceptors (Lipinski definition) is 5. The Morgan fingerprint density at radius 1 is 1.50 bits per heavy atom. The number of anilines is 1. The van der Waals surface area contributed by atoms with Crippen molar-refractivity contribution < 1.29 is 14.8 Å². The smallest absolute Gasteiger partial charge is 0.293 e. The zero-order valence-electron chi connectivity index (χ0n) is 11.8. The molecule has 20 heavy (non-hydrogen) atoms. The number of nitro benzene ring substituents is 1. The molecule has 7 nitrogen and oxygen atoms in total. The lowest BCUT2D eigenvalue weighted by molar-refractivity contribution is -0.384. The quantitative estimate of drug-likeness (QED) is 0.608. The van der Waals surface area contributed by atoms with Crippen molar-refractivity contribution in [1.29, 1.82) is 0 Å². The van der Waals surface area contributed by atoms with Crippen molar-refractivity contribution in [1.82, 2.24) is 4.90 Å². The van der Waals surface area contributed by atoms with Crippen LogP contribution in [0.3, 0.4) is 0 Å². The monoisotopic (exact) mass is 281 g/mol. The molecule has 0 radical (unpaired) electrons. The number of benzene rings is 1. The Kier molecular flexibility index (Phi) is 5.45. The first-order valence-electron chi connectivity index (χ1n) is 6.30. The van der Waals surface area contributed by atoms with Gasteiger partial charge in [0, 0.05) is 31.3 Å². The highest BCUT2D eigenvalue weighted by atomic mass is 16.6. The summed E-state index contributed by atoms with van der Waals surface area (Å²) < 4.78 is 0. The molecule has 1 amide bonds. The average Bonchev–Trinajstić information content (AvgIpc) is 2.42. The molecule has 7 heteroatoms. The van der Waals surface area contributed by atoms with E-state index in [-0.39, 0.29) is 36.4 Å². The Morgan fingerprint density at radius 2 is 2.15 bits per heavy atom. The van der Waals surface area contributed by atoms with E-state index >= 15 is 0 Å². The first kappa shape index (κ1) is 15.9. The summed E-state index contributed by atoms with van der Waals surface area (Å²) in [5.74, 6) is -0.334. The molecule has 0 spiro atoms. The van der Waals surface area contributed by atoms with Crippen LogP contribution >= 0.6 is 0 Å². The van der Waals surface area contributed by atoms with E-state index in [9.17, 15) is 14.9 Å². The topological polar surface area (TPSA) is 95.7 Å². The molecule has 110 valence electrons. The number of aliphatic hydroxyl groups is 1. The lowest BCUT2D eigenvalue weighted by Crippen LogP contribution is -2.39. The summed E-state index contributed by atoms with van der Waals surface area (Å²) in [4.78, 5) is 24.2. The normalized spacial score (nSPS) is 10.4. The number of carbonyl (C=O) groups is 1. The van der Waals surface area contributed by atoms with Gasteiger partial charge in [-0.15, -0.1) is 0 Å². The summed E-state index contributed by atoms with van der Waals surface area (Å²) in [6.45, 7) is 3.69. The van der Waals surface area contributed by atoms with Crippen molar-refractivity contribution in [3.05, 3.63) is 33.9 Å². The maximum absolute atomic E-state index is 12.3. The standard InChI is InChI=1S/C13H19N3O4/c1-9(2)15(6-7-17)13(18)10-4-5-11(14-3)12(8-10)16(19)20/h4-5,8-9,14,17H,6-7H2,1-3H3. The Hall–Kier alpha value is -2.15. The van der Waals surface area contributed by atoms with Crippen molar-refractivity contribution in [2.45, 2.75) is 19.9 Å². The SMILES string of the molecule is CNc1ccc(C(=O)N(CCO)C(C)C)cc1[N+](=O)[O-]. The molecule has 0 heterocycles. The average molecular weight is 281 g/mol. The van der Waals surface area contributed by atoms with Crippen molar-refractivity contribution in [2.75, 3.05) is 25.5 Å². The molecule has 0 aliphatic heterocycles. The number of nitro groups is 1.